The Kier molecular flexibility index (Phi) is 5.02. The summed E-state index contributed by atoms with van der Waals surface area (Å²) in [5, 5.41) is 22.8. The minimum absolute atomic E-state index is 0.0720. The summed E-state index contributed by atoms with van der Waals surface area (Å²) in [5.74, 6) is 2.85. The Balaban J connectivity index is 1.63. The molecule has 5 aliphatic rings. The van der Waals surface area contributed by atoms with E-state index in [-0.39, 0.29) is 39.8 Å². The number of allylic oxidation sites excluding steroid dienone is 1. The first-order chi connectivity index (χ1) is 14.7. The van der Waals surface area contributed by atoms with Crippen LogP contribution in [0.25, 0.3) is 0 Å². The van der Waals surface area contributed by atoms with Crippen LogP contribution in [0.15, 0.2) is 11.6 Å². The van der Waals surface area contributed by atoms with E-state index in [1.165, 1.54) is 38.5 Å². The molecule has 0 aromatic rings. The number of hydrogen-bond donors (Lipinski definition) is 2. The van der Waals surface area contributed by atoms with Crippen molar-refractivity contribution in [3.8, 4) is 0 Å². The van der Waals surface area contributed by atoms with Gasteiger partial charge in [-0.05, 0) is 102 Å². The molecule has 5 rings (SSSR count). The Morgan fingerprint density at radius 1 is 0.812 bits per heavy atom. The van der Waals surface area contributed by atoms with Crippen LogP contribution in [0.2, 0.25) is 0 Å². The highest BCUT2D eigenvalue weighted by atomic mass is 16.3. The molecule has 11 atom stereocenters. The van der Waals surface area contributed by atoms with Crippen LogP contribution in [0.5, 0.6) is 0 Å². The van der Waals surface area contributed by atoms with Crippen LogP contribution < -0.4 is 0 Å². The van der Waals surface area contributed by atoms with Gasteiger partial charge in [0, 0.05) is 5.92 Å². The molecule has 4 fully saturated rings. The third kappa shape index (κ3) is 2.66. The average molecular weight is 443 g/mol. The van der Waals surface area contributed by atoms with Crippen LogP contribution in [-0.4, -0.2) is 22.4 Å². The molecular weight excluding hydrogens is 392 g/mol. The summed E-state index contributed by atoms with van der Waals surface area (Å²) >= 11 is 0. The van der Waals surface area contributed by atoms with Gasteiger partial charge in [-0.15, -0.1) is 0 Å². The van der Waals surface area contributed by atoms with Crippen molar-refractivity contribution in [3.63, 3.8) is 0 Å². The Hall–Kier alpha value is -0.340. The third-order valence-corrected chi connectivity index (χ3v) is 13.3. The van der Waals surface area contributed by atoms with Crippen LogP contribution in [0, 0.1) is 56.7 Å². The van der Waals surface area contributed by atoms with Gasteiger partial charge in [-0.25, -0.2) is 0 Å². The molecule has 0 aromatic heterocycles. The number of aliphatic hydroxyl groups excluding tert-OH is 2. The maximum Gasteiger partial charge on any atom is 0.0762 e. The zero-order valence-electron chi connectivity index (χ0n) is 22.2. The van der Waals surface area contributed by atoms with Crippen LogP contribution in [0.3, 0.4) is 0 Å². The number of rotatable bonds is 0. The summed E-state index contributed by atoms with van der Waals surface area (Å²) in [6.45, 7) is 19.7. The minimum atomic E-state index is -0.353. The smallest absolute Gasteiger partial charge is 0.0762 e. The first kappa shape index (κ1) is 23.4. The number of aliphatic hydroxyl groups is 2. The molecule has 4 saturated carbocycles. The molecule has 0 bridgehead atoms. The predicted molar refractivity (Wildman–Crippen MR) is 132 cm³/mol. The Morgan fingerprint density at radius 2 is 1.50 bits per heavy atom. The molecule has 0 spiro atoms. The second-order valence-electron chi connectivity index (χ2n) is 14.8. The van der Waals surface area contributed by atoms with Gasteiger partial charge in [0.15, 0.2) is 0 Å². The van der Waals surface area contributed by atoms with E-state index < -0.39 is 0 Å². The molecule has 0 unspecified atom stereocenters. The lowest BCUT2D eigenvalue weighted by atomic mass is 9.33. The largest absolute Gasteiger partial charge is 0.393 e. The maximum atomic E-state index is 12.0. The zero-order chi connectivity index (χ0) is 23.5. The van der Waals surface area contributed by atoms with Gasteiger partial charge in [-0.1, -0.05) is 67.0 Å². The van der Waals surface area contributed by atoms with E-state index in [1.54, 1.807) is 5.57 Å². The lowest BCUT2D eigenvalue weighted by Gasteiger charge is -2.72. The molecule has 5 aliphatic carbocycles. The van der Waals surface area contributed by atoms with Crippen molar-refractivity contribution in [2.24, 2.45) is 56.7 Å². The third-order valence-electron chi connectivity index (χ3n) is 13.3. The summed E-state index contributed by atoms with van der Waals surface area (Å²) in [4.78, 5) is 0. The van der Waals surface area contributed by atoms with E-state index in [2.05, 4.69) is 61.5 Å². The highest BCUT2D eigenvalue weighted by Gasteiger charge is 2.69. The van der Waals surface area contributed by atoms with Gasteiger partial charge < -0.3 is 10.2 Å². The summed E-state index contributed by atoms with van der Waals surface area (Å²) < 4.78 is 0. The predicted octanol–water partition coefficient (Wildman–Crippen LogP) is 7.00. The molecular formula is C30H50O2. The summed E-state index contributed by atoms with van der Waals surface area (Å²) in [6, 6.07) is 0. The SMILES string of the molecule is C[C@H]1[C@H](C)CC[C@]2(C)CC[C@]3(C)C(=C[C@@H](O)[C@@H]4[C@@]5(C)CC[C@H](O)C(C)(C)[C@@H]5CC[C@]43C)[C@H]12. The fourth-order valence-electron chi connectivity index (χ4n) is 10.9. The maximum absolute atomic E-state index is 12.0. The van der Waals surface area contributed by atoms with Crippen LogP contribution in [-0.2, 0) is 0 Å². The van der Waals surface area contributed by atoms with E-state index in [0.29, 0.717) is 23.2 Å². The van der Waals surface area contributed by atoms with E-state index in [4.69, 9.17) is 0 Å². The lowest BCUT2D eigenvalue weighted by Crippen LogP contribution is -2.67. The van der Waals surface area contributed by atoms with E-state index in [1.807, 2.05) is 0 Å². The van der Waals surface area contributed by atoms with Crippen molar-refractivity contribution >= 4 is 0 Å². The fourth-order valence-corrected chi connectivity index (χ4v) is 10.9. The van der Waals surface area contributed by atoms with E-state index >= 15 is 0 Å². The Labute approximate surface area is 197 Å². The van der Waals surface area contributed by atoms with Crippen molar-refractivity contribution in [2.45, 2.75) is 119 Å². The Morgan fingerprint density at radius 3 is 2.19 bits per heavy atom. The van der Waals surface area contributed by atoms with Crippen molar-refractivity contribution in [1.29, 1.82) is 0 Å². The standard InChI is InChI=1S/C30H50O2/c1-18-9-12-27(5)15-16-29(7)20(24(27)19(18)2)17-21(31)25-28(6)13-11-23(32)26(3,4)22(28)10-14-30(25,29)8/h17-19,21-25,31-32H,9-16H2,1-8H3/t18-,19+,21-,22+,23+,24+,25-,27-,28+,29-,30-/m1/s1. The highest BCUT2D eigenvalue weighted by molar-refractivity contribution is 5.35. The van der Waals surface area contributed by atoms with Gasteiger partial charge in [0.2, 0.25) is 0 Å². The van der Waals surface area contributed by atoms with Gasteiger partial charge in [0.25, 0.3) is 0 Å². The van der Waals surface area contributed by atoms with Gasteiger partial charge >= 0.3 is 0 Å². The normalized spacial score (nSPS) is 59.2. The van der Waals surface area contributed by atoms with Gasteiger partial charge in [-0.2, -0.15) is 0 Å². The van der Waals surface area contributed by atoms with Crippen molar-refractivity contribution in [2.75, 3.05) is 0 Å². The molecule has 2 N–H and O–H groups in total. The fraction of sp³-hybridized carbons (Fsp3) is 0.933. The zero-order valence-corrected chi connectivity index (χ0v) is 22.2. The van der Waals surface area contributed by atoms with Crippen LogP contribution >= 0.6 is 0 Å². The van der Waals surface area contributed by atoms with E-state index in [9.17, 15) is 10.2 Å². The van der Waals surface area contributed by atoms with Gasteiger partial charge in [-0.3, -0.25) is 0 Å². The topological polar surface area (TPSA) is 40.5 Å². The highest BCUT2D eigenvalue weighted by Crippen LogP contribution is 2.75. The first-order valence-electron chi connectivity index (χ1n) is 13.8. The Bertz CT molecular complexity index is 814. The molecule has 0 heterocycles. The molecule has 0 aliphatic heterocycles. The second kappa shape index (κ2) is 6.87. The molecule has 182 valence electrons. The molecule has 0 radical (unpaired) electrons. The minimum Gasteiger partial charge on any atom is -0.393 e. The van der Waals surface area contributed by atoms with Crippen molar-refractivity contribution in [3.05, 3.63) is 11.6 Å². The van der Waals surface area contributed by atoms with Crippen LogP contribution in [0.4, 0.5) is 0 Å². The van der Waals surface area contributed by atoms with Crippen molar-refractivity contribution in [1.82, 2.24) is 0 Å². The molecule has 0 saturated heterocycles. The van der Waals surface area contributed by atoms with Gasteiger partial charge in [0.05, 0.1) is 12.2 Å². The van der Waals surface area contributed by atoms with E-state index in [0.717, 1.165) is 18.8 Å². The molecule has 2 nitrogen and oxygen atoms in total. The summed E-state index contributed by atoms with van der Waals surface area (Å²) in [6.07, 6.45) is 11.5. The first-order valence-corrected chi connectivity index (χ1v) is 13.8. The van der Waals surface area contributed by atoms with Crippen LogP contribution in [0.1, 0.15) is 107 Å². The van der Waals surface area contributed by atoms with Gasteiger partial charge in [0.1, 0.15) is 0 Å². The number of fused-ring (bicyclic) bond motifs is 7. The monoisotopic (exact) mass is 442 g/mol. The summed E-state index contributed by atoms with van der Waals surface area (Å²) in [5.41, 5.74) is 2.36. The molecule has 32 heavy (non-hydrogen) atoms. The quantitative estimate of drug-likeness (QED) is 0.397. The summed E-state index contributed by atoms with van der Waals surface area (Å²) in [7, 11) is 0. The second-order valence-corrected chi connectivity index (χ2v) is 14.8. The average Bonchev–Trinajstić information content (AvgIpc) is 2.70. The van der Waals surface area contributed by atoms with Crippen molar-refractivity contribution < 1.29 is 10.2 Å². The molecule has 2 heteroatoms. The number of hydrogen-bond acceptors (Lipinski definition) is 2. The molecule has 0 aromatic carbocycles. The molecule has 0 amide bonds. The lowest BCUT2D eigenvalue weighted by molar-refractivity contribution is -0.225.